The molecule has 0 bridgehead atoms. The molecule has 0 aromatic heterocycles. The van der Waals surface area contributed by atoms with Crippen LogP contribution in [0.4, 0.5) is 0 Å². The van der Waals surface area contributed by atoms with E-state index in [1.807, 2.05) is 4.90 Å². The number of carbonyl (C=O) groups is 2. The van der Waals surface area contributed by atoms with Gasteiger partial charge in [-0.15, -0.1) is 0 Å². The van der Waals surface area contributed by atoms with Crippen molar-refractivity contribution < 1.29 is 14.3 Å². The Hall–Kier alpha value is -1.10. The Morgan fingerprint density at radius 3 is 2.88 bits per heavy atom. The van der Waals surface area contributed by atoms with Gasteiger partial charge in [0.15, 0.2) is 0 Å². The molecule has 5 heteroatoms. The molecule has 0 aromatic carbocycles. The Morgan fingerprint density at radius 1 is 1.50 bits per heavy atom. The molecule has 1 aliphatic heterocycles. The third-order valence-corrected chi connectivity index (χ3v) is 2.73. The van der Waals surface area contributed by atoms with E-state index in [4.69, 9.17) is 10.5 Å². The highest BCUT2D eigenvalue weighted by Gasteiger charge is 2.29. The Kier molecular flexibility index (Phi) is 5.25. The number of hydrogen-bond donors (Lipinski definition) is 1. The maximum absolute atomic E-state index is 11.6. The lowest BCUT2D eigenvalue weighted by molar-refractivity contribution is -0.148. The molecule has 1 amide bonds. The topological polar surface area (TPSA) is 72.6 Å². The highest BCUT2D eigenvalue weighted by molar-refractivity contribution is 5.76. The standard InChI is InChI=1S/C11H20N2O3/c1-2-3-6-16-11(15)9-4-5-13(7-9)8-10(12)14/h9H,2-8H2,1H3,(H2,12,14). The van der Waals surface area contributed by atoms with Gasteiger partial charge in [0.25, 0.3) is 0 Å². The van der Waals surface area contributed by atoms with Crippen molar-refractivity contribution in [2.24, 2.45) is 11.7 Å². The van der Waals surface area contributed by atoms with Crippen LogP contribution in [0.3, 0.4) is 0 Å². The van der Waals surface area contributed by atoms with Gasteiger partial charge >= 0.3 is 5.97 Å². The molecule has 2 N–H and O–H groups in total. The fourth-order valence-corrected chi connectivity index (χ4v) is 1.82. The average Bonchev–Trinajstić information content (AvgIpc) is 2.65. The molecule has 16 heavy (non-hydrogen) atoms. The number of unbranched alkanes of at least 4 members (excludes halogenated alkanes) is 1. The van der Waals surface area contributed by atoms with Crippen molar-refractivity contribution in [2.45, 2.75) is 26.2 Å². The summed E-state index contributed by atoms with van der Waals surface area (Å²) in [5, 5.41) is 0. The number of hydrogen-bond acceptors (Lipinski definition) is 4. The largest absolute Gasteiger partial charge is 0.465 e. The van der Waals surface area contributed by atoms with Crippen LogP contribution in [0.5, 0.6) is 0 Å². The number of likely N-dealkylation sites (tertiary alicyclic amines) is 1. The first kappa shape index (κ1) is 13.0. The fourth-order valence-electron chi connectivity index (χ4n) is 1.82. The van der Waals surface area contributed by atoms with Crippen LogP contribution >= 0.6 is 0 Å². The molecule has 0 spiro atoms. The SMILES string of the molecule is CCCCOC(=O)C1CCN(CC(N)=O)C1. The Bertz CT molecular complexity index is 256. The summed E-state index contributed by atoms with van der Waals surface area (Å²) >= 11 is 0. The van der Waals surface area contributed by atoms with Crippen molar-refractivity contribution in [1.82, 2.24) is 4.90 Å². The first-order valence-corrected chi connectivity index (χ1v) is 5.80. The second-order valence-corrected chi connectivity index (χ2v) is 4.21. The molecule has 1 atom stereocenters. The number of nitrogens with zero attached hydrogens (tertiary/aromatic N) is 1. The number of carbonyl (C=O) groups excluding carboxylic acids is 2. The molecule has 1 aliphatic rings. The molecule has 0 aliphatic carbocycles. The molecule has 92 valence electrons. The van der Waals surface area contributed by atoms with Crippen LogP contribution in [0, 0.1) is 5.92 Å². The number of primary amides is 1. The zero-order chi connectivity index (χ0) is 12.0. The molecule has 5 nitrogen and oxygen atoms in total. The fraction of sp³-hybridized carbons (Fsp3) is 0.818. The first-order chi connectivity index (χ1) is 7.63. The molecule has 1 rings (SSSR count). The van der Waals surface area contributed by atoms with E-state index < -0.39 is 0 Å². The number of ether oxygens (including phenoxy) is 1. The number of nitrogens with two attached hydrogens (primary N) is 1. The van der Waals surface area contributed by atoms with Gasteiger partial charge in [0.1, 0.15) is 0 Å². The van der Waals surface area contributed by atoms with Gasteiger partial charge in [-0.25, -0.2) is 0 Å². The van der Waals surface area contributed by atoms with Crippen molar-refractivity contribution >= 4 is 11.9 Å². The van der Waals surface area contributed by atoms with E-state index in [0.29, 0.717) is 13.2 Å². The monoisotopic (exact) mass is 228 g/mol. The van der Waals surface area contributed by atoms with E-state index in [-0.39, 0.29) is 24.3 Å². The molecule has 1 unspecified atom stereocenters. The summed E-state index contributed by atoms with van der Waals surface area (Å²) in [4.78, 5) is 24.2. The number of amides is 1. The van der Waals surface area contributed by atoms with Crippen molar-refractivity contribution in [3.8, 4) is 0 Å². The van der Waals surface area contributed by atoms with Gasteiger partial charge in [0.2, 0.25) is 5.91 Å². The van der Waals surface area contributed by atoms with Crippen LogP contribution in [-0.2, 0) is 14.3 Å². The minimum absolute atomic E-state index is 0.0868. The highest BCUT2D eigenvalue weighted by Crippen LogP contribution is 2.17. The van der Waals surface area contributed by atoms with Crippen LogP contribution < -0.4 is 5.73 Å². The van der Waals surface area contributed by atoms with Crippen molar-refractivity contribution in [1.29, 1.82) is 0 Å². The normalized spacial score (nSPS) is 20.9. The molecule has 1 heterocycles. The smallest absolute Gasteiger partial charge is 0.310 e. The van der Waals surface area contributed by atoms with E-state index in [2.05, 4.69) is 6.92 Å². The Morgan fingerprint density at radius 2 is 2.25 bits per heavy atom. The number of esters is 1. The molecule has 0 aromatic rings. The van der Waals surface area contributed by atoms with Gasteiger partial charge < -0.3 is 10.5 Å². The minimum Gasteiger partial charge on any atom is -0.465 e. The lowest BCUT2D eigenvalue weighted by Gasteiger charge is -2.13. The summed E-state index contributed by atoms with van der Waals surface area (Å²) < 4.78 is 5.14. The van der Waals surface area contributed by atoms with Crippen LogP contribution in [0.1, 0.15) is 26.2 Å². The van der Waals surface area contributed by atoms with E-state index >= 15 is 0 Å². The quantitative estimate of drug-likeness (QED) is 0.518. The van der Waals surface area contributed by atoms with Crippen molar-refractivity contribution in [2.75, 3.05) is 26.2 Å². The third kappa shape index (κ3) is 4.18. The highest BCUT2D eigenvalue weighted by atomic mass is 16.5. The van der Waals surface area contributed by atoms with Gasteiger partial charge in [-0.3, -0.25) is 14.5 Å². The van der Waals surface area contributed by atoms with Gasteiger partial charge in [-0.1, -0.05) is 13.3 Å². The van der Waals surface area contributed by atoms with Gasteiger partial charge in [0, 0.05) is 6.54 Å². The van der Waals surface area contributed by atoms with E-state index in [0.717, 1.165) is 25.8 Å². The Labute approximate surface area is 95.9 Å². The predicted molar refractivity (Wildman–Crippen MR) is 59.6 cm³/mol. The molecular weight excluding hydrogens is 208 g/mol. The van der Waals surface area contributed by atoms with Gasteiger partial charge in [0.05, 0.1) is 19.1 Å². The van der Waals surface area contributed by atoms with Crippen molar-refractivity contribution in [3.05, 3.63) is 0 Å². The zero-order valence-corrected chi connectivity index (χ0v) is 9.78. The minimum atomic E-state index is -0.347. The van der Waals surface area contributed by atoms with Crippen LogP contribution in [0.25, 0.3) is 0 Å². The summed E-state index contributed by atoms with van der Waals surface area (Å²) in [5.41, 5.74) is 5.10. The first-order valence-electron chi connectivity index (χ1n) is 5.80. The molecule has 1 saturated heterocycles. The predicted octanol–water partition coefficient (Wildman–Crippen LogP) is 0.137. The summed E-state index contributed by atoms with van der Waals surface area (Å²) in [6, 6.07) is 0. The second-order valence-electron chi connectivity index (χ2n) is 4.21. The molecule has 0 radical (unpaired) electrons. The lowest BCUT2D eigenvalue weighted by atomic mass is 10.1. The maximum atomic E-state index is 11.6. The third-order valence-electron chi connectivity index (χ3n) is 2.73. The summed E-state index contributed by atoms with van der Waals surface area (Å²) in [5.74, 6) is -0.573. The maximum Gasteiger partial charge on any atom is 0.310 e. The molecule has 1 fully saturated rings. The summed E-state index contributed by atoms with van der Waals surface area (Å²) in [6.45, 7) is 4.13. The Balaban J connectivity index is 2.24. The van der Waals surface area contributed by atoms with Gasteiger partial charge in [-0.2, -0.15) is 0 Å². The lowest BCUT2D eigenvalue weighted by Crippen LogP contribution is -2.33. The summed E-state index contributed by atoms with van der Waals surface area (Å²) in [6.07, 6.45) is 2.69. The molecule has 0 saturated carbocycles. The summed E-state index contributed by atoms with van der Waals surface area (Å²) in [7, 11) is 0. The number of rotatable bonds is 6. The van der Waals surface area contributed by atoms with Crippen LogP contribution in [0.2, 0.25) is 0 Å². The van der Waals surface area contributed by atoms with E-state index in [1.165, 1.54) is 0 Å². The second kappa shape index (κ2) is 6.48. The molecular formula is C11H20N2O3. The van der Waals surface area contributed by atoms with E-state index in [9.17, 15) is 9.59 Å². The van der Waals surface area contributed by atoms with Crippen molar-refractivity contribution in [3.63, 3.8) is 0 Å². The van der Waals surface area contributed by atoms with Gasteiger partial charge in [-0.05, 0) is 19.4 Å². The van der Waals surface area contributed by atoms with Crippen LogP contribution in [0.15, 0.2) is 0 Å². The van der Waals surface area contributed by atoms with E-state index in [1.54, 1.807) is 0 Å². The van der Waals surface area contributed by atoms with Crippen LogP contribution in [-0.4, -0.2) is 43.0 Å². The average molecular weight is 228 g/mol. The zero-order valence-electron chi connectivity index (χ0n) is 9.78.